The quantitative estimate of drug-likeness (QED) is 0.0538. The van der Waals surface area contributed by atoms with Crippen molar-refractivity contribution in [3.05, 3.63) is 120 Å². The van der Waals surface area contributed by atoms with Gasteiger partial charge in [-0.05, 0) is 55.7 Å². The van der Waals surface area contributed by atoms with Gasteiger partial charge in [0.1, 0.15) is 23.1 Å². The minimum Gasteiger partial charge on any atom is -0.489 e. The van der Waals surface area contributed by atoms with Gasteiger partial charge < -0.3 is 14.0 Å². The molecule has 4 rings (SSSR count). The molecule has 0 saturated heterocycles. The zero-order valence-electron chi connectivity index (χ0n) is 26.3. The van der Waals surface area contributed by atoms with Crippen molar-refractivity contribution >= 4 is 13.0 Å². The van der Waals surface area contributed by atoms with E-state index < -0.39 is 19.0 Å². The summed E-state index contributed by atoms with van der Waals surface area (Å²) in [6.45, 7) is 8.70. The van der Waals surface area contributed by atoms with Gasteiger partial charge in [-0.2, -0.15) is 18.2 Å². The molecule has 0 N–H and O–H groups in total. The first-order valence-corrected chi connectivity index (χ1v) is 15.6. The summed E-state index contributed by atoms with van der Waals surface area (Å²) >= 11 is 0. The first-order chi connectivity index (χ1) is 21.8. The monoisotopic (exact) mass is 623 g/mol. The molecule has 0 saturated carbocycles. The molecule has 0 heterocycles. The highest BCUT2D eigenvalue weighted by atomic mass is 19.1. The Hall–Kier alpha value is -3.98. The number of hydrogen-bond donors (Lipinski definition) is 0. The molecule has 0 amide bonds. The van der Waals surface area contributed by atoms with Gasteiger partial charge in [-0.25, -0.2) is 13.2 Å². The third-order valence-electron chi connectivity index (χ3n) is 7.19. The Morgan fingerprint density at radius 3 is 1.56 bits per heavy atom. The first-order valence-electron chi connectivity index (χ1n) is 15.6. The van der Waals surface area contributed by atoms with Gasteiger partial charge in [-0.3, -0.25) is 8.87 Å². The van der Waals surface area contributed by atoms with Gasteiger partial charge in [0.15, 0.2) is 11.6 Å². The zero-order valence-corrected chi connectivity index (χ0v) is 26.3. The highest BCUT2D eigenvalue weighted by Crippen LogP contribution is 2.39. The van der Waals surface area contributed by atoms with Crippen LogP contribution in [0.2, 0.25) is 0 Å². The van der Waals surface area contributed by atoms with Gasteiger partial charge >= 0.3 is 7.32 Å². The van der Waals surface area contributed by atoms with Crippen molar-refractivity contribution in [2.45, 2.75) is 59.3 Å². The molecule has 0 spiro atoms. The Balaban J connectivity index is 0.000000693. The molecule has 9 heteroatoms. The summed E-state index contributed by atoms with van der Waals surface area (Å²) in [5.41, 5.74) is 0.457. The minimum atomic E-state index is -1.43. The molecule has 0 bridgehead atoms. The highest BCUT2D eigenvalue weighted by molar-refractivity contribution is 6.39. The van der Waals surface area contributed by atoms with Crippen molar-refractivity contribution in [3.8, 4) is 17.2 Å². The van der Waals surface area contributed by atoms with E-state index in [9.17, 15) is 13.2 Å². The Morgan fingerprint density at radius 1 is 0.622 bits per heavy atom. The lowest BCUT2D eigenvalue weighted by Crippen LogP contribution is -2.52. The van der Waals surface area contributed by atoms with Crippen LogP contribution < -0.4 is 18.4 Å². The van der Waals surface area contributed by atoms with Crippen LogP contribution >= 0.6 is 0 Å². The van der Waals surface area contributed by atoms with E-state index in [-0.39, 0.29) is 28.9 Å². The summed E-state index contributed by atoms with van der Waals surface area (Å²) in [7, 11) is -1.43. The summed E-state index contributed by atoms with van der Waals surface area (Å²) in [4.78, 5) is 0. The maximum atomic E-state index is 15.8. The van der Waals surface area contributed by atoms with Crippen molar-refractivity contribution in [1.29, 1.82) is 0 Å². The molecule has 0 radical (unpaired) electrons. The third kappa shape index (κ3) is 11.5. The number of benzene rings is 4. The van der Waals surface area contributed by atoms with Gasteiger partial charge in [0, 0.05) is 17.9 Å². The van der Waals surface area contributed by atoms with E-state index in [0.717, 1.165) is 58.2 Å². The molecular formula is C36H42BF4NO3. The van der Waals surface area contributed by atoms with Crippen LogP contribution in [0.3, 0.4) is 0 Å². The number of halogens is 4. The second-order valence-electron chi connectivity index (χ2n) is 10.7. The molecule has 45 heavy (non-hydrogen) atoms. The fourth-order valence-corrected chi connectivity index (χ4v) is 4.95. The van der Waals surface area contributed by atoms with Crippen LogP contribution in [0.25, 0.3) is 0 Å². The van der Waals surface area contributed by atoms with Gasteiger partial charge in [0.05, 0.1) is 19.6 Å². The second kappa shape index (κ2) is 18.7. The third-order valence-corrected chi connectivity index (χ3v) is 7.19. The lowest BCUT2D eigenvalue weighted by molar-refractivity contribution is 0.241. The van der Waals surface area contributed by atoms with Crippen LogP contribution in [0, 0.1) is 29.3 Å². The number of rotatable bonds is 16. The Morgan fingerprint density at radius 2 is 1.13 bits per heavy atom. The van der Waals surface area contributed by atoms with E-state index >= 15 is 4.39 Å². The maximum absolute atomic E-state index is 15.8. The molecule has 0 aliphatic heterocycles. The number of quaternary nitrogens is 1. The number of unbranched alkanes of at least 4 members (excludes halogenated alkanes) is 3. The van der Waals surface area contributed by atoms with E-state index in [1.807, 2.05) is 0 Å². The molecule has 4 aromatic rings. The smallest absolute Gasteiger partial charge is 0.489 e. The van der Waals surface area contributed by atoms with Crippen molar-refractivity contribution < 1.29 is 31.5 Å². The molecule has 0 atom stereocenters. The molecule has 0 unspecified atom stereocenters. The summed E-state index contributed by atoms with van der Waals surface area (Å²) in [6, 6.07) is 24.4. The van der Waals surface area contributed by atoms with Crippen LogP contribution in [0.4, 0.5) is 23.2 Å². The van der Waals surface area contributed by atoms with Crippen LogP contribution in [0.1, 0.15) is 59.3 Å². The molecular weight excluding hydrogens is 581 g/mol. The normalized spacial score (nSPS) is 10.9. The van der Waals surface area contributed by atoms with E-state index in [2.05, 4.69) is 26.8 Å². The Kier molecular flexibility index (Phi) is 14.8. The zero-order chi connectivity index (χ0) is 32.5. The number of nitrogens with zero attached hydrogens (tertiary/aromatic N) is 1. The predicted molar refractivity (Wildman–Crippen MR) is 173 cm³/mol. The van der Waals surface area contributed by atoms with Crippen molar-refractivity contribution in [1.82, 2.24) is 4.48 Å². The lowest BCUT2D eigenvalue weighted by Gasteiger charge is -2.39. The SMILES string of the molecule is CCCC[N+](CCCC)(CCCC)c1c(F)cccc1OB(Oc1cccc(F)c1)Oc1cccc(F)c1.Fc1c[c-]ccc1. The fraction of sp³-hybridized carbons (Fsp3) is 0.333. The summed E-state index contributed by atoms with van der Waals surface area (Å²) in [6.07, 6.45) is 5.75. The van der Waals surface area contributed by atoms with Gasteiger partial charge in [0.25, 0.3) is 0 Å². The van der Waals surface area contributed by atoms with Gasteiger partial charge in [-0.15, -0.1) is 12.1 Å². The van der Waals surface area contributed by atoms with Gasteiger partial charge in [-0.1, -0.05) is 58.2 Å². The van der Waals surface area contributed by atoms with Crippen molar-refractivity contribution in [2.24, 2.45) is 0 Å². The topological polar surface area (TPSA) is 27.7 Å². The summed E-state index contributed by atoms with van der Waals surface area (Å²) in [5.74, 6) is -0.975. The Bertz CT molecular complexity index is 1360. The predicted octanol–water partition coefficient (Wildman–Crippen LogP) is 9.96. The molecule has 240 valence electrons. The minimum absolute atomic E-state index is 0.160. The van der Waals surface area contributed by atoms with E-state index in [0.29, 0.717) is 10.2 Å². The van der Waals surface area contributed by atoms with Crippen molar-refractivity contribution in [2.75, 3.05) is 19.6 Å². The standard InChI is InChI=1S/C30H38BF3NO3.C6H4F/c1-4-7-19-35(20-8-5-2,21-9-6-3)30-28(34)17-12-18-29(30)38-31(36-26-15-10-13-24(32)22-26)37-27-16-11-14-25(33)23-27;7-6-4-2-1-3-5-6/h10-18,22-23H,4-9,19-21H2,1-3H3;1-2,4-5H/q+1;-1. The molecule has 0 aliphatic carbocycles. The van der Waals surface area contributed by atoms with Crippen molar-refractivity contribution in [3.63, 3.8) is 0 Å². The molecule has 0 aromatic heterocycles. The van der Waals surface area contributed by atoms with Crippen LogP contribution in [-0.2, 0) is 0 Å². The van der Waals surface area contributed by atoms with E-state index in [4.69, 9.17) is 14.0 Å². The average Bonchev–Trinajstić information content (AvgIpc) is 3.02. The van der Waals surface area contributed by atoms with E-state index in [1.54, 1.807) is 36.4 Å². The average molecular weight is 624 g/mol. The number of hydrogen-bond acceptors (Lipinski definition) is 3. The summed E-state index contributed by atoms with van der Waals surface area (Å²) < 4.78 is 73.8. The largest absolute Gasteiger partial charge is 0.864 e. The second-order valence-corrected chi connectivity index (χ2v) is 10.7. The highest BCUT2D eigenvalue weighted by Gasteiger charge is 2.39. The van der Waals surface area contributed by atoms with Crippen LogP contribution in [0.5, 0.6) is 17.2 Å². The molecule has 0 fully saturated rings. The van der Waals surface area contributed by atoms with Gasteiger partial charge in [0.2, 0.25) is 5.69 Å². The van der Waals surface area contributed by atoms with Crippen LogP contribution in [-0.4, -0.2) is 27.0 Å². The molecule has 4 nitrogen and oxygen atoms in total. The molecule has 4 aromatic carbocycles. The maximum Gasteiger partial charge on any atom is 0.864 e. The first kappa shape index (κ1) is 35.5. The lowest BCUT2D eigenvalue weighted by atomic mass is 10.1. The summed E-state index contributed by atoms with van der Waals surface area (Å²) in [5, 5.41) is 0. The fourth-order valence-electron chi connectivity index (χ4n) is 4.95. The number of para-hydroxylation sites is 1. The van der Waals surface area contributed by atoms with Crippen LogP contribution in [0.15, 0.2) is 91.0 Å². The Labute approximate surface area is 265 Å². The molecule has 0 aliphatic rings. The van der Waals surface area contributed by atoms with E-state index in [1.165, 1.54) is 54.6 Å².